The van der Waals surface area contributed by atoms with Crippen LogP contribution in [-0.4, -0.2) is 88.5 Å². The maximum Gasteiger partial charge on any atom is 0.292 e. The van der Waals surface area contributed by atoms with Gasteiger partial charge in [-0.1, -0.05) is 0 Å². The zero-order valence-electron chi connectivity index (χ0n) is 17.5. The van der Waals surface area contributed by atoms with E-state index in [4.69, 9.17) is 0 Å². The lowest BCUT2D eigenvalue weighted by atomic mass is 9.84. The van der Waals surface area contributed by atoms with Crippen molar-refractivity contribution < 1.29 is 19.5 Å². The quantitative estimate of drug-likeness (QED) is 0.587. The average molecular weight is 427 g/mol. The molecule has 164 valence electrons. The average Bonchev–Trinajstić information content (AvgIpc) is 3.39. The van der Waals surface area contributed by atoms with E-state index in [1.165, 1.54) is 15.9 Å². The molecule has 0 bridgehead atoms. The normalized spacial score (nSPS) is 22.5. The molecular weight excluding hydrogens is 402 g/mol. The van der Waals surface area contributed by atoms with Gasteiger partial charge in [0.1, 0.15) is 17.7 Å². The highest BCUT2D eigenvalue weighted by molar-refractivity contribution is 6.02. The molecule has 0 radical (unpaired) electrons. The fraction of sp³-hybridized carbons (Fsp3) is 0.550. The summed E-state index contributed by atoms with van der Waals surface area (Å²) >= 11 is 0. The molecule has 2 aromatic rings. The molecule has 0 aromatic carbocycles. The van der Waals surface area contributed by atoms with Gasteiger partial charge in [-0.3, -0.25) is 14.4 Å². The number of ketones is 1. The molecule has 4 heterocycles. The largest absolute Gasteiger partial charge is 0.393 e. The van der Waals surface area contributed by atoms with Crippen LogP contribution in [0, 0.1) is 0 Å². The summed E-state index contributed by atoms with van der Waals surface area (Å²) in [6.07, 6.45) is 4.93. The summed E-state index contributed by atoms with van der Waals surface area (Å²) in [5.74, 6) is -0.698. The molecule has 0 aliphatic carbocycles. The number of β-lactam (4-membered cyclic amide) rings is 1. The summed E-state index contributed by atoms with van der Waals surface area (Å²) in [4.78, 5) is 53.9. The second kappa shape index (κ2) is 8.14. The van der Waals surface area contributed by atoms with Crippen LogP contribution in [0.5, 0.6) is 0 Å². The number of rotatable bonds is 7. The van der Waals surface area contributed by atoms with E-state index in [0.29, 0.717) is 31.8 Å². The van der Waals surface area contributed by atoms with Crippen molar-refractivity contribution in [1.29, 1.82) is 0 Å². The summed E-state index contributed by atoms with van der Waals surface area (Å²) in [6, 6.07) is 1.66. The standard InChI is InChI=1S/C20H25N7O4/c1-13(28)15(16-21-6-4-7-22-16)9-14(29)10-26-11-20(19(26)31)5-3-8-27(20)18(30)17-23-12-24-25(17)2/h4,6-7,12-13,15,28H,3,5,8-11H2,1-2H3/t13-,15+,20?/m1/s1. The summed E-state index contributed by atoms with van der Waals surface area (Å²) in [5, 5.41) is 14.0. The van der Waals surface area contributed by atoms with Crippen LogP contribution in [0.3, 0.4) is 0 Å². The molecular formula is C20H25N7O4. The Balaban J connectivity index is 1.41. The third-order valence-electron chi connectivity index (χ3n) is 6.09. The first-order valence-electron chi connectivity index (χ1n) is 10.3. The molecule has 11 heteroatoms. The van der Waals surface area contributed by atoms with E-state index in [-0.39, 0.29) is 36.4 Å². The van der Waals surface area contributed by atoms with Crippen molar-refractivity contribution in [1.82, 2.24) is 34.5 Å². The number of hydrogen-bond donors (Lipinski definition) is 1. The van der Waals surface area contributed by atoms with Crippen LogP contribution in [0.4, 0.5) is 0 Å². The lowest BCUT2D eigenvalue weighted by Crippen LogP contribution is -2.73. The molecule has 31 heavy (non-hydrogen) atoms. The van der Waals surface area contributed by atoms with E-state index in [1.54, 1.807) is 37.3 Å². The minimum Gasteiger partial charge on any atom is -0.393 e. The Labute approximate surface area is 179 Å². The Morgan fingerprint density at radius 2 is 2.00 bits per heavy atom. The van der Waals surface area contributed by atoms with Gasteiger partial charge >= 0.3 is 0 Å². The third-order valence-corrected chi connectivity index (χ3v) is 6.09. The first-order valence-corrected chi connectivity index (χ1v) is 10.3. The maximum absolute atomic E-state index is 13.0. The number of aliphatic hydroxyl groups is 1. The predicted octanol–water partition coefficient (Wildman–Crippen LogP) is -0.454. The zero-order valence-corrected chi connectivity index (χ0v) is 17.5. The highest BCUT2D eigenvalue weighted by Crippen LogP contribution is 2.39. The SMILES string of the molecule is C[C@@H](O)[C@H](CC(=O)CN1CC2(CCCN2C(=O)c2ncnn2C)C1=O)c1ncccn1. The Morgan fingerprint density at radius 1 is 1.26 bits per heavy atom. The minimum atomic E-state index is -0.907. The van der Waals surface area contributed by atoms with Crippen molar-refractivity contribution in [2.45, 2.75) is 43.7 Å². The van der Waals surface area contributed by atoms with Crippen LogP contribution >= 0.6 is 0 Å². The van der Waals surface area contributed by atoms with Crippen LogP contribution in [-0.2, 0) is 16.6 Å². The van der Waals surface area contributed by atoms with Crippen molar-refractivity contribution in [3.05, 3.63) is 36.4 Å². The van der Waals surface area contributed by atoms with E-state index in [2.05, 4.69) is 20.1 Å². The molecule has 4 rings (SSSR count). The van der Waals surface area contributed by atoms with E-state index in [9.17, 15) is 19.5 Å². The first-order chi connectivity index (χ1) is 14.8. The second-order valence-corrected chi connectivity index (χ2v) is 8.16. The van der Waals surface area contributed by atoms with E-state index >= 15 is 0 Å². The number of carbonyl (C=O) groups excluding carboxylic acids is 3. The molecule has 1 unspecified atom stereocenters. The van der Waals surface area contributed by atoms with Gasteiger partial charge in [0.2, 0.25) is 5.82 Å². The highest BCUT2D eigenvalue weighted by Gasteiger charge is 2.60. The highest BCUT2D eigenvalue weighted by atomic mass is 16.3. The number of nitrogens with zero attached hydrogens (tertiary/aromatic N) is 7. The molecule has 1 N–H and O–H groups in total. The Kier molecular flexibility index (Phi) is 5.52. The number of aliphatic hydroxyl groups excluding tert-OH is 1. The monoisotopic (exact) mass is 427 g/mol. The number of likely N-dealkylation sites (tertiary alicyclic amines) is 2. The number of Topliss-reactive ketones (excluding diaryl/α,β-unsaturated/α-hetero) is 1. The predicted molar refractivity (Wildman–Crippen MR) is 107 cm³/mol. The molecule has 1 spiro atoms. The van der Waals surface area contributed by atoms with Crippen LogP contribution < -0.4 is 0 Å². The van der Waals surface area contributed by atoms with Gasteiger partial charge < -0.3 is 14.9 Å². The van der Waals surface area contributed by atoms with E-state index < -0.39 is 17.6 Å². The Hall–Kier alpha value is -3.21. The Morgan fingerprint density at radius 3 is 2.61 bits per heavy atom. The maximum atomic E-state index is 13.0. The van der Waals surface area contributed by atoms with Crippen LogP contribution in [0.2, 0.25) is 0 Å². The minimum absolute atomic E-state index is 0.0278. The summed E-state index contributed by atoms with van der Waals surface area (Å²) in [7, 11) is 1.63. The van der Waals surface area contributed by atoms with Gasteiger partial charge in [-0.15, -0.1) is 0 Å². The molecule has 0 saturated carbocycles. The van der Waals surface area contributed by atoms with Crippen molar-refractivity contribution in [2.75, 3.05) is 19.6 Å². The molecule has 2 aromatic heterocycles. The number of hydrogen-bond acceptors (Lipinski definition) is 8. The van der Waals surface area contributed by atoms with Crippen LogP contribution in [0.1, 0.15) is 48.5 Å². The number of amides is 2. The van der Waals surface area contributed by atoms with Crippen molar-refractivity contribution >= 4 is 17.6 Å². The zero-order chi connectivity index (χ0) is 22.2. The molecule has 2 fully saturated rings. The number of carbonyl (C=O) groups is 3. The van der Waals surface area contributed by atoms with Gasteiger partial charge in [0.25, 0.3) is 11.8 Å². The smallest absolute Gasteiger partial charge is 0.292 e. The second-order valence-electron chi connectivity index (χ2n) is 8.16. The molecule has 2 aliphatic rings. The molecule has 3 atom stereocenters. The number of aryl methyl sites for hydroxylation is 1. The summed E-state index contributed by atoms with van der Waals surface area (Å²) in [5.41, 5.74) is -0.907. The van der Waals surface area contributed by atoms with E-state index in [1.807, 2.05) is 0 Å². The third kappa shape index (κ3) is 3.69. The van der Waals surface area contributed by atoms with Gasteiger partial charge in [-0.25, -0.2) is 19.6 Å². The molecule has 2 amide bonds. The topological polar surface area (TPSA) is 134 Å². The summed E-state index contributed by atoms with van der Waals surface area (Å²) < 4.78 is 1.39. The molecule has 2 aliphatic heterocycles. The van der Waals surface area contributed by atoms with E-state index in [0.717, 1.165) is 0 Å². The Bertz CT molecular complexity index is 992. The molecule has 11 nitrogen and oxygen atoms in total. The fourth-order valence-electron chi connectivity index (χ4n) is 4.46. The van der Waals surface area contributed by atoms with Crippen molar-refractivity contribution in [2.24, 2.45) is 7.05 Å². The lowest BCUT2D eigenvalue weighted by molar-refractivity contribution is -0.160. The van der Waals surface area contributed by atoms with Crippen molar-refractivity contribution in [3.63, 3.8) is 0 Å². The van der Waals surface area contributed by atoms with Crippen LogP contribution in [0.15, 0.2) is 24.8 Å². The fourth-order valence-corrected chi connectivity index (χ4v) is 4.46. The van der Waals surface area contributed by atoms with Crippen LogP contribution in [0.25, 0.3) is 0 Å². The number of aromatic nitrogens is 5. The lowest BCUT2D eigenvalue weighted by Gasteiger charge is -2.50. The van der Waals surface area contributed by atoms with Gasteiger partial charge in [-0.2, -0.15) is 5.10 Å². The molecule has 2 saturated heterocycles. The van der Waals surface area contributed by atoms with Gasteiger partial charge in [-0.05, 0) is 25.8 Å². The van der Waals surface area contributed by atoms with Gasteiger partial charge in [0, 0.05) is 32.4 Å². The summed E-state index contributed by atoms with van der Waals surface area (Å²) in [6.45, 7) is 2.30. The first kappa shape index (κ1) is 21.0. The van der Waals surface area contributed by atoms with Gasteiger partial charge in [0.15, 0.2) is 5.78 Å². The van der Waals surface area contributed by atoms with Gasteiger partial charge in [0.05, 0.1) is 25.1 Å². The van der Waals surface area contributed by atoms with Crippen molar-refractivity contribution in [3.8, 4) is 0 Å².